The fourth-order valence-corrected chi connectivity index (χ4v) is 3.34. The van der Waals surface area contributed by atoms with Crippen molar-refractivity contribution in [3.63, 3.8) is 0 Å². The molecule has 1 saturated heterocycles. The highest BCUT2D eigenvalue weighted by molar-refractivity contribution is 7.99. The van der Waals surface area contributed by atoms with Crippen LogP contribution in [0.1, 0.15) is 0 Å². The van der Waals surface area contributed by atoms with E-state index < -0.39 is 0 Å². The second-order valence-corrected chi connectivity index (χ2v) is 4.57. The zero-order valence-electron chi connectivity index (χ0n) is 7.12. The number of hydrogen-bond acceptors (Lipinski definition) is 4. The molecule has 0 spiro atoms. The van der Waals surface area contributed by atoms with E-state index in [0.717, 1.165) is 28.9 Å². The lowest BCUT2D eigenvalue weighted by Crippen LogP contribution is -2.40. The molecule has 2 nitrogen and oxygen atoms in total. The molecular formula is C7H14N2S3. The lowest BCUT2D eigenvalue weighted by Gasteiger charge is -2.24. The summed E-state index contributed by atoms with van der Waals surface area (Å²) in [5, 5.41) is 3.07. The first-order valence-corrected chi connectivity index (χ1v) is 6.11. The molecule has 0 radical (unpaired) electrons. The maximum atomic E-state index is 5.27. The first-order chi connectivity index (χ1) is 5.79. The molecule has 0 aromatic heterocycles. The van der Waals surface area contributed by atoms with Gasteiger partial charge in [0.25, 0.3) is 0 Å². The summed E-state index contributed by atoms with van der Waals surface area (Å²) in [6, 6.07) is 0.541. The van der Waals surface area contributed by atoms with E-state index in [1.165, 1.54) is 0 Å². The van der Waals surface area contributed by atoms with Gasteiger partial charge in [0.05, 0.1) is 10.9 Å². The minimum atomic E-state index is 0.541. The van der Waals surface area contributed by atoms with Crippen LogP contribution in [-0.4, -0.2) is 46.9 Å². The molecule has 0 aliphatic carbocycles. The predicted octanol–water partition coefficient (Wildman–Crippen LogP) is 0.838. The summed E-state index contributed by atoms with van der Waals surface area (Å²) < 4.78 is 0. The van der Waals surface area contributed by atoms with E-state index in [-0.39, 0.29) is 0 Å². The van der Waals surface area contributed by atoms with Crippen LogP contribution in [0.25, 0.3) is 0 Å². The summed E-state index contributed by atoms with van der Waals surface area (Å²) >= 11 is 11.5. The van der Waals surface area contributed by atoms with E-state index in [9.17, 15) is 0 Å². The van der Waals surface area contributed by atoms with Crippen LogP contribution in [0.3, 0.4) is 0 Å². The van der Waals surface area contributed by atoms with Crippen molar-refractivity contribution in [2.45, 2.75) is 6.04 Å². The zero-order valence-corrected chi connectivity index (χ0v) is 9.64. The van der Waals surface area contributed by atoms with Gasteiger partial charge in [-0.2, -0.15) is 12.6 Å². The molecule has 1 heterocycles. The van der Waals surface area contributed by atoms with Crippen LogP contribution in [-0.2, 0) is 0 Å². The van der Waals surface area contributed by atoms with E-state index in [0.29, 0.717) is 6.04 Å². The smallest absolute Gasteiger partial charge is 0.0929 e. The van der Waals surface area contributed by atoms with Gasteiger partial charge >= 0.3 is 0 Å². The maximum absolute atomic E-state index is 5.27. The van der Waals surface area contributed by atoms with Crippen molar-refractivity contribution in [2.24, 2.45) is 0 Å². The van der Waals surface area contributed by atoms with Crippen LogP contribution in [0, 0.1) is 0 Å². The third-order valence-corrected chi connectivity index (χ3v) is 3.72. The second-order valence-electron chi connectivity index (χ2n) is 2.73. The van der Waals surface area contributed by atoms with E-state index >= 15 is 0 Å². The van der Waals surface area contributed by atoms with Gasteiger partial charge in [0.1, 0.15) is 0 Å². The van der Waals surface area contributed by atoms with Crippen molar-refractivity contribution >= 4 is 41.6 Å². The van der Waals surface area contributed by atoms with Gasteiger partial charge in [0.15, 0.2) is 0 Å². The average molecular weight is 222 g/mol. The van der Waals surface area contributed by atoms with Crippen LogP contribution in [0.2, 0.25) is 0 Å². The molecule has 0 aromatic rings. The fraction of sp³-hybridized carbons (Fsp3) is 0.857. The minimum Gasteiger partial charge on any atom is -0.351 e. The standard InChI is InChI=1S/C7H14N2S3/c1-8-2-7(11)9-5-12-4-6(9)3-10/h6,8,10H,2-5H2,1H3. The largest absolute Gasteiger partial charge is 0.351 e. The van der Waals surface area contributed by atoms with Crippen molar-refractivity contribution in [1.29, 1.82) is 0 Å². The van der Waals surface area contributed by atoms with Gasteiger partial charge < -0.3 is 10.2 Å². The molecule has 0 amide bonds. The number of hydrogen-bond donors (Lipinski definition) is 2. The Morgan fingerprint density at radius 3 is 3.17 bits per heavy atom. The Kier molecular flexibility index (Phi) is 4.71. The third kappa shape index (κ3) is 2.52. The van der Waals surface area contributed by atoms with Crippen molar-refractivity contribution in [3.05, 3.63) is 0 Å². The predicted molar refractivity (Wildman–Crippen MR) is 63.3 cm³/mol. The van der Waals surface area contributed by atoms with Crippen molar-refractivity contribution in [3.8, 4) is 0 Å². The lowest BCUT2D eigenvalue weighted by molar-refractivity contribution is 0.436. The summed E-state index contributed by atoms with van der Waals surface area (Å²) in [7, 11) is 1.92. The van der Waals surface area contributed by atoms with E-state index in [4.69, 9.17) is 12.2 Å². The maximum Gasteiger partial charge on any atom is 0.0929 e. The molecule has 0 bridgehead atoms. The number of nitrogens with zero attached hydrogens (tertiary/aromatic N) is 1. The van der Waals surface area contributed by atoms with Crippen LogP contribution < -0.4 is 5.32 Å². The van der Waals surface area contributed by atoms with E-state index in [2.05, 4.69) is 22.8 Å². The molecule has 1 unspecified atom stereocenters. The lowest BCUT2D eigenvalue weighted by atomic mass is 10.3. The molecule has 0 saturated carbocycles. The molecule has 1 atom stereocenters. The Hall–Kier alpha value is 0.550. The number of rotatable bonds is 3. The van der Waals surface area contributed by atoms with Crippen LogP contribution in [0.4, 0.5) is 0 Å². The van der Waals surface area contributed by atoms with Crippen LogP contribution in [0.5, 0.6) is 0 Å². The van der Waals surface area contributed by atoms with Gasteiger partial charge in [-0.05, 0) is 7.05 Å². The summed E-state index contributed by atoms with van der Waals surface area (Å²) in [5.41, 5.74) is 0. The number of nitrogens with one attached hydrogen (secondary N) is 1. The first-order valence-electron chi connectivity index (χ1n) is 3.92. The first kappa shape index (κ1) is 10.6. The molecule has 1 fully saturated rings. The van der Waals surface area contributed by atoms with Gasteiger partial charge in [-0.1, -0.05) is 12.2 Å². The second kappa shape index (κ2) is 5.32. The van der Waals surface area contributed by atoms with Gasteiger partial charge in [-0.3, -0.25) is 0 Å². The zero-order chi connectivity index (χ0) is 8.97. The fourth-order valence-electron chi connectivity index (χ4n) is 1.16. The number of thiocarbonyl (C=S) groups is 1. The van der Waals surface area contributed by atoms with Gasteiger partial charge in [-0.25, -0.2) is 0 Å². The molecule has 12 heavy (non-hydrogen) atoms. The van der Waals surface area contributed by atoms with Crippen LogP contribution in [0.15, 0.2) is 0 Å². The van der Waals surface area contributed by atoms with Crippen LogP contribution >= 0.6 is 36.6 Å². The van der Waals surface area contributed by atoms with Crippen molar-refractivity contribution < 1.29 is 0 Å². The van der Waals surface area contributed by atoms with Gasteiger partial charge in [0, 0.05) is 24.1 Å². The summed E-state index contributed by atoms with van der Waals surface area (Å²) in [5.74, 6) is 3.09. The average Bonchev–Trinajstić information content (AvgIpc) is 2.51. The molecule has 5 heteroatoms. The number of thiol groups is 1. The highest BCUT2D eigenvalue weighted by Crippen LogP contribution is 2.21. The molecule has 1 rings (SSSR count). The highest BCUT2D eigenvalue weighted by Gasteiger charge is 2.24. The van der Waals surface area contributed by atoms with E-state index in [1.54, 1.807) is 0 Å². The highest BCUT2D eigenvalue weighted by atomic mass is 32.2. The quantitative estimate of drug-likeness (QED) is 0.543. The van der Waals surface area contributed by atoms with Crippen molar-refractivity contribution in [2.75, 3.05) is 31.0 Å². The topological polar surface area (TPSA) is 15.3 Å². The van der Waals surface area contributed by atoms with Gasteiger partial charge in [0.2, 0.25) is 0 Å². The normalized spacial score (nSPS) is 23.2. The molecule has 1 N–H and O–H groups in total. The summed E-state index contributed by atoms with van der Waals surface area (Å²) in [6.45, 7) is 0.806. The number of likely N-dealkylation sites (N-methyl/N-ethyl adjacent to an activating group) is 1. The minimum absolute atomic E-state index is 0.541. The number of thioether (sulfide) groups is 1. The Morgan fingerprint density at radius 2 is 2.58 bits per heavy atom. The summed E-state index contributed by atoms with van der Waals surface area (Å²) in [4.78, 5) is 3.28. The molecular weight excluding hydrogens is 208 g/mol. The monoisotopic (exact) mass is 222 g/mol. The van der Waals surface area contributed by atoms with Crippen molar-refractivity contribution in [1.82, 2.24) is 10.2 Å². The third-order valence-electron chi connectivity index (χ3n) is 1.84. The Balaban J connectivity index is 2.43. The Labute approximate surface area is 88.9 Å². The Bertz CT molecular complexity index is 163. The molecule has 1 aliphatic rings. The molecule has 70 valence electrons. The van der Waals surface area contributed by atoms with E-state index in [1.807, 2.05) is 18.8 Å². The molecule has 0 aromatic carbocycles. The SMILES string of the molecule is CNCC(=S)N1CSCC1CS. The van der Waals surface area contributed by atoms with Gasteiger partial charge in [-0.15, -0.1) is 11.8 Å². The molecule has 1 aliphatic heterocycles. The Morgan fingerprint density at radius 1 is 1.83 bits per heavy atom. The summed E-state index contributed by atoms with van der Waals surface area (Å²) in [6.07, 6.45) is 0.